The molecule has 38 heavy (non-hydrogen) atoms. The molecule has 0 saturated heterocycles. The molecule has 4 amide bonds. The number of hydrogen-bond donors (Lipinski definition) is 6. The highest BCUT2D eigenvalue weighted by atomic mass is 16.5. The van der Waals surface area contributed by atoms with E-state index in [1.807, 2.05) is 36.4 Å². The molecule has 11 heteroatoms. The lowest BCUT2D eigenvalue weighted by molar-refractivity contribution is -0.122. The Morgan fingerprint density at radius 1 is 0.974 bits per heavy atom. The quantitative estimate of drug-likeness (QED) is 0.0684. The molecule has 1 atom stereocenters. The van der Waals surface area contributed by atoms with Crippen LogP contribution in [0.2, 0.25) is 0 Å². The average Bonchev–Trinajstić information content (AvgIpc) is 2.90. The van der Waals surface area contributed by atoms with Crippen LogP contribution in [0.5, 0.6) is 5.75 Å². The molecule has 0 spiro atoms. The predicted molar refractivity (Wildman–Crippen MR) is 144 cm³/mol. The Hall–Kier alpha value is -4.64. The van der Waals surface area contributed by atoms with Crippen molar-refractivity contribution >= 4 is 34.5 Å². The molecule has 9 N–H and O–H groups in total. The minimum Gasteiger partial charge on any atom is -0.493 e. The van der Waals surface area contributed by atoms with E-state index in [9.17, 15) is 14.4 Å². The number of primary amides is 1. The number of oxime groups is 1. The average molecular weight is 521 g/mol. The first-order valence-electron chi connectivity index (χ1n) is 12.1. The van der Waals surface area contributed by atoms with Gasteiger partial charge in [0.1, 0.15) is 5.75 Å². The number of ether oxygens (including phenoxy) is 1. The number of fused-ring (bicyclic) bond motifs is 1. The van der Waals surface area contributed by atoms with Crippen LogP contribution < -0.4 is 32.6 Å². The lowest BCUT2D eigenvalue weighted by Gasteiger charge is -2.14. The number of carbonyl (C=O) groups is 3. The second kappa shape index (κ2) is 13.6. The van der Waals surface area contributed by atoms with E-state index in [1.54, 1.807) is 24.3 Å². The van der Waals surface area contributed by atoms with Crippen LogP contribution in [-0.4, -0.2) is 48.1 Å². The van der Waals surface area contributed by atoms with Gasteiger partial charge >= 0.3 is 6.03 Å². The number of urea groups is 1. The molecule has 0 heterocycles. The van der Waals surface area contributed by atoms with Crippen LogP contribution in [-0.2, 0) is 22.4 Å². The predicted octanol–water partition coefficient (Wildman–Crippen LogP) is 1.52. The number of benzene rings is 3. The number of rotatable bonds is 12. The van der Waals surface area contributed by atoms with Gasteiger partial charge in [-0.25, -0.2) is 4.79 Å². The van der Waals surface area contributed by atoms with Gasteiger partial charge in [-0.1, -0.05) is 53.7 Å². The number of amides is 4. The van der Waals surface area contributed by atoms with Gasteiger partial charge in [0, 0.05) is 17.7 Å². The number of hydrogen-bond acceptors (Lipinski definition) is 7. The number of unbranched alkanes of at least 4 members (excludes halogenated alkanes) is 1. The van der Waals surface area contributed by atoms with Crippen molar-refractivity contribution in [1.82, 2.24) is 10.6 Å². The third kappa shape index (κ3) is 8.20. The largest absolute Gasteiger partial charge is 0.493 e. The van der Waals surface area contributed by atoms with Crippen molar-refractivity contribution in [1.29, 1.82) is 0 Å². The second-order valence-corrected chi connectivity index (χ2v) is 8.74. The first kappa shape index (κ1) is 27.9. The summed E-state index contributed by atoms with van der Waals surface area (Å²) < 4.78 is 5.95. The summed E-state index contributed by atoms with van der Waals surface area (Å²) in [5, 5.41) is 18.5. The molecule has 0 bridgehead atoms. The fourth-order valence-corrected chi connectivity index (χ4v) is 3.86. The summed E-state index contributed by atoms with van der Waals surface area (Å²) in [5.41, 5.74) is 18.7. The molecule has 0 aliphatic carbocycles. The van der Waals surface area contributed by atoms with Crippen LogP contribution in [0.4, 0.5) is 4.79 Å². The van der Waals surface area contributed by atoms with Crippen molar-refractivity contribution in [2.24, 2.45) is 22.4 Å². The standard InChI is InChI=1S/C27H32N6O5/c28-22(13-17-7-9-18(10-8-17)25(29)33-37)26(35)31-11-3-4-12-38-23-15-20-6-2-1-5-19(20)14-21(23)16-24(34)32-27(30)36/h1-2,5-10,14-15,22,37H,3-4,11-13,16,28H2,(H2,29,33)(H,31,35)(H3,30,32,34,36). The van der Waals surface area contributed by atoms with Gasteiger partial charge < -0.3 is 32.5 Å². The molecule has 3 aromatic rings. The van der Waals surface area contributed by atoms with Crippen molar-refractivity contribution in [3.8, 4) is 5.75 Å². The Balaban J connectivity index is 1.45. The molecule has 0 aliphatic rings. The van der Waals surface area contributed by atoms with Gasteiger partial charge in [-0.15, -0.1) is 0 Å². The molecular weight excluding hydrogens is 488 g/mol. The molecule has 3 rings (SSSR count). The normalized spacial score (nSPS) is 12.1. The lowest BCUT2D eigenvalue weighted by atomic mass is 10.0. The highest BCUT2D eigenvalue weighted by Crippen LogP contribution is 2.27. The smallest absolute Gasteiger partial charge is 0.318 e. The SMILES string of the molecule is NC(=O)NC(=O)Cc1cc2ccccc2cc1OCCCCNC(=O)C(N)Cc1ccc(C(N)=NO)cc1. The first-order valence-corrected chi connectivity index (χ1v) is 12.1. The molecule has 0 aliphatic heterocycles. The molecule has 0 radical (unpaired) electrons. The van der Waals surface area contributed by atoms with Gasteiger partial charge in [-0.3, -0.25) is 14.9 Å². The Kier molecular flexibility index (Phi) is 10.0. The second-order valence-electron chi connectivity index (χ2n) is 8.74. The van der Waals surface area contributed by atoms with E-state index in [4.69, 9.17) is 27.1 Å². The number of nitrogens with zero attached hydrogens (tertiary/aromatic N) is 1. The van der Waals surface area contributed by atoms with Crippen LogP contribution in [0, 0.1) is 0 Å². The molecule has 0 saturated carbocycles. The van der Waals surface area contributed by atoms with Crippen LogP contribution in [0.25, 0.3) is 10.8 Å². The summed E-state index contributed by atoms with van der Waals surface area (Å²) in [5.74, 6) is -0.222. The van der Waals surface area contributed by atoms with Gasteiger partial charge in [0.25, 0.3) is 0 Å². The van der Waals surface area contributed by atoms with Crippen molar-refractivity contribution < 1.29 is 24.3 Å². The maximum atomic E-state index is 12.4. The molecular formula is C27H32N6O5. The maximum Gasteiger partial charge on any atom is 0.318 e. The van der Waals surface area contributed by atoms with Crippen molar-refractivity contribution in [2.45, 2.75) is 31.7 Å². The van der Waals surface area contributed by atoms with E-state index in [2.05, 4.69) is 15.8 Å². The van der Waals surface area contributed by atoms with Crippen molar-refractivity contribution in [3.05, 3.63) is 77.4 Å². The number of carbonyl (C=O) groups excluding carboxylic acids is 3. The summed E-state index contributed by atoms with van der Waals surface area (Å²) in [6.07, 6.45) is 1.62. The summed E-state index contributed by atoms with van der Waals surface area (Å²) >= 11 is 0. The van der Waals surface area contributed by atoms with Crippen LogP contribution in [0.3, 0.4) is 0 Å². The fourth-order valence-electron chi connectivity index (χ4n) is 3.86. The molecule has 0 fully saturated rings. The summed E-state index contributed by atoms with van der Waals surface area (Å²) in [6.45, 7) is 0.807. The Labute approximate surface area is 220 Å². The molecule has 3 aromatic carbocycles. The minimum absolute atomic E-state index is 0.00740. The zero-order valence-electron chi connectivity index (χ0n) is 20.9. The Bertz CT molecular complexity index is 1310. The van der Waals surface area contributed by atoms with E-state index in [-0.39, 0.29) is 18.2 Å². The third-order valence-electron chi connectivity index (χ3n) is 5.82. The van der Waals surface area contributed by atoms with E-state index in [0.29, 0.717) is 49.3 Å². The zero-order valence-corrected chi connectivity index (χ0v) is 20.9. The lowest BCUT2D eigenvalue weighted by Crippen LogP contribution is -2.42. The molecule has 11 nitrogen and oxygen atoms in total. The van der Waals surface area contributed by atoms with Crippen LogP contribution in [0.15, 0.2) is 65.8 Å². The zero-order chi connectivity index (χ0) is 27.5. The molecule has 200 valence electrons. The first-order chi connectivity index (χ1) is 18.3. The minimum atomic E-state index is -0.906. The highest BCUT2D eigenvalue weighted by Gasteiger charge is 2.15. The topological polar surface area (TPSA) is 195 Å². The number of amidine groups is 1. The van der Waals surface area contributed by atoms with Crippen molar-refractivity contribution in [3.63, 3.8) is 0 Å². The Morgan fingerprint density at radius 3 is 2.32 bits per heavy atom. The highest BCUT2D eigenvalue weighted by molar-refractivity contribution is 5.97. The molecule has 1 unspecified atom stereocenters. The monoisotopic (exact) mass is 520 g/mol. The van der Waals surface area contributed by atoms with Gasteiger partial charge in [-0.2, -0.15) is 0 Å². The number of imide groups is 1. The summed E-state index contributed by atoms with van der Waals surface area (Å²) in [4.78, 5) is 35.4. The third-order valence-corrected chi connectivity index (χ3v) is 5.82. The fraction of sp³-hybridized carbons (Fsp3) is 0.259. The maximum absolute atomic E-state index is 12.4. The number of nitrogens with one attached hydrogen (secondary N) is 2. The van der Waals surface area contributed by atoms with E-state index >= 15 is 0 Å². The van der Waals surface area contributed by atoms with Gasteiger partial charge in [-0.05, 0) is 47.7 Å². The van der Waals surface area contributed by atoms with E-state index in [1.165, 1.54) is 0 Å². The van der Waals surface area contributed by atoms with Crippen molar-refractivity contribution in [2.75, 3.05) is 13.2 Å². The van der Waals surface area contributed by atoms with E-state index in [0.717, 1.165) is 16.3 Å². The summed E-state index contributed by atoms with van der Waals surface area (Å²) in [7, 11) is 0. The van der Waals surface area contributed by atoms with Gasteiger partial charge in [0.15, 0.2) is 5.84 Å². The summed E-state index contributed by atoms with van der Waals surface area (Å²) in [6, 6.07) is 16.7. The van der Waals surface area contributed by atoms with E-state index < -0.39 is 18.0 Å². The Morgan fingerprint density at radius 2 is 1.66 bits per heavy atom. The molecule has 0 aromatic heterocycles. The number of nitrogens with two attached hydrogens (primary N) is 3. The van der Waals surface area contributed by atoms with Gasteiger partial charge in [0.05, 0.1) is 19.1 Å². The van der Waals surface area contributed by atoms with Gasteiger partial charge in [0.2, 0.25) is 11.8 Å². The van der Waals surface area contributed by atoms with Crippen LogP contribution in [0.1, 0.15) is 29.5 Å². The van der Waals surface area contributed by atoms with Crippen LogP contribution >= 0.6 is 0 Å².